The summed E-state index contributed by atoms with van der Waals surface area (Å²) in [6.45, 7) is 8.97. The van der Waals surface area contributed by atoms with Gasteiger partial charge < -0.3 is 10.1 Å². The molecule has 2 aromatic rings. The summed E-state index contributed by atoms with van der Waals surface area (Å²) in [5.74, 6) is -0.456. The molecule has 6 heteroatoms. The van der Waals surface area contributed by atoms with Crippen molar-refractivity contribution < 1.29 is 14.3 Å². The molecule has 1 amide bonds. The standard InChI is InChI=1S/C21H26N2O3S/c1-4-23-10-9-16-17(13-23)27-20(19(16)21(25)26-5-2)22-18(24)12-15-8-6-7-14(3)11-15/h6-8,11H,4-5,9-10,12-13H2,1-3H3,(H,22,24). The largest absolute Gasteiger partial charge is 0.462 e. The Balaban J connectivity index is 1.84. The summed E-state index contributed by atoms with van der Waals surface area (Å²) in [4.78, 5) is 28.6. The molecule has 0 saturated carbocycles. The number of hydrogen-bond donors (Lipinski definition) is 1. The molecule has 0 atom stereocenters. The lowest BCUT2D eigenvalue weighted by atomic mass is 10.0. The quantitative estimate of drug-likeness (QED) is 0.768. The van der Waals surface area contributed by atoms with Crippen molar-refractivity contribution in [3.8, 4) is 0 Å². The fourth-order valence-corrected chi connectivity index (χ4v) is 4.71. The Morgan fingerprint density at radius 2 is 2.11 bits per heavy atom. The molecule has 0 fully saturated rings. The summed E-state index contributed by atoms with van der Waals surface area (Å²) < 4.78 is 5.26. The minimum absolute atomic E-state index is 0.114. The van der Waals surface area contributed by atoms with Gasteiger partial charge in [0.15, 0.2) is 0 Å². The summed E-state index contributed by atoms with van der Waals surface area (Å²) in [7, 11) is 0. The average molecular weight is 387 g/mol. The highest BCUT2D eigenvalue weighted by Crippen LogP contribution is 2.37. The van der Waals surface area contributed by atoms with Gasteiger partial charge in [0.2, 0.25) is 5.91 Å². The number of amides is 1. The fraction of sp³-hybridized carbons (Fsp3) is 0.429. The highest BCUT2D eigenvalue weighted by Gasteiger charge is 2.29. The maximum atomic E-state index is 12.6. The lowest BCUT2D eigenvalue weighted by Crippen LogP contribution is -2.30. The number of rotatable bonds is 6. The van der Waals surface area contributed by atoms with Crippen LogP contribution in [0.2, 0.25) is 0 Å². The lowest BCUT2D eigenvalue weighted by Gasteiger charge is -2.25. The van der Waals surface area contributed by atoms with Gasteiger partial charge in [-0.25, -0.2) is 4.79 Å². The number of esters is 1. The van der Waals surface area contributed by atoms with E-state index in [0.717, 1.165) is 47.6 Å². The van der Waals surface area contributed by atoms with Gasteiger partial charge >= 0.3 is 5.97 Å². The Kier molecular flexibility index (Phi) is 6.29. The van der Waals surface area contributed by atoms with Crippen LogP contribution < -0.4 is 5.32 Å². The zero-order valence-electron chi connectivity index (χ0n) is 16.1. The van der Waals surface area contributed by atoms with Crippen LogP contribution in [0.3, 0.4) is 0 Å². The van der Waals surface area contributed by atoms with Gasteiger partial charge in [0.1, 0.15) is 5.00 Å². The van der Waals surface area contributed by atoms with Gasteiger partial charge in [-0.05, 0) is 37.9 Å². The number of thiophene rings is 1. The Morgan fingerprint density at radius 1 is 1.30 bits per heavy atom. The normalized spacial score (nSPS) is 13.9. The molecule has 0 saturated heterocycles. The van der Waals surface area contributed by atoms with Crippen LogP contribution in [0.1, 0.15) is 45.8 Å². The minimum atomic E-state index is -0.342. The smallest absolute Gasteiger partial charge is 0.341 e. The zero-order valence-corrected chi connectivity index (χ0v) is 16.9. The van der Waals surface area contributed by atoms with E-state index >= 15 is 0 Å². The maximum Gasteiger partial charge on any atom is 0.341 e. The van der Waals surface area contributed by atoms with E-state index in [1.807, 2.05) is 31.2 Å². The SMILES string of the molecule is CCOC(=O)c1c(NC(=O)Cc2cccc(C)c2)sc2c1CCN(CC)C2. The van der Waals surface area contributed by atoms with Gasteiger partial charge in [-0.15, -0.1) is 11.3 Å². The second kappa shape index (κ2) is 8.67. The summed E-state index contributed by atoms with van der Waals surface area (Å²) in [5.41, 5.74) is 3.67. The minimum Gasteiger partial charge on any atom is -0.462 e. The maximum absolute atomic E-state index is 12.6. The first-order valence-electron chi connectivity index (χ1n) is 9.41. The summed E-state index contributed by atoms with van der Waals surface area (Å²) in [6.07, 6.45) is 1.09. The number of fused-ring (bicyclic) bond motifs is 1. The van der Waals surface area contributed by atoms with E-state index < -0.39 is 0 Å². The first-order chi connectivity index (χ1) is 13.0. The predicted octanol–water partition coefficient (Wildman–Crippen LogP) is 3.79. The molecule has 3 rings (SSSR count). The van der Waals surface area contributed by atoms with Crippen molar-refractivity contribution in [1.82, 2.24) is 4.90 Å². The van der Waals surface area contributed by atoms with E-state index in [0.29, 0.717) is 17.2 Å². The summed E-state index contributed by atoms with van der Waals surface area (Å²) >= 11 is 1.50. The third-order valence-corrected chi connectivity index (χ3v) is 5.90. The van der Waals surface area contributed by atoms with Crippen LogP contribution in [0.25, 0.3) is 0 Å². The highest BCUT2D eigenvalue weighted by atomic mass is 32.1. The van der Waals surface area contributed by atoms with Crippen molar-refractivity contribution in [3.63, 3.8) is 0 Å². The van der Waals surface area contributed by atoms with Gasteiger partial charge in [-0.1, -0.05) is 36.8 Å². The monoisotopic (exact) mass is 386 g/mol. The number of nitrogens with zero attached hydrogens (tertiary/aromatic N) is 1. The van der Waals surface area contributed by atoms with Crippen LogP contribution in [-0.4, -0.2) is 36.5 Å². The zero-order chi connectivity index (χ0) is 19.4. The molecule has 1 aromatic carbocycles. The Bertz CT molecular complexity index is 844. The number of likely N-dealkylation sites (N-methyl/N-ethyl adjacent to an activating group) is 1. The van der Waals surface area contributed by atoms with Gasteiger partial charge in [0.25, 0.3) is 0 Å². The Morgan fingerprint density at radius 3 is 2.81 bits per heavy atom. The molecule has 144 valence electrons. The van der Waals surface area contributed by atoms with Gasteiger partial charge in [0.05, 0.1) is 18.6 Å². The highest BCUT2D eigenvalue weighted by molar-refractivity contribution is 7.17. The van der Waals surface area contributed by atoms with E-state index in [9.17, 15) is 9.59 Å². The molecule has 1 aromatic heterocycles. The number of carbonyl (C=O) groups is 2. The van der Waals surface area contributed by atoms with Crippen molar-refractivity contribution >= 4 is 28.2 Å². The van der Waals surface area contributed by atoms with E-state index in [-0.39, 0.29) is 18.3 Å². The second-order valence-corrected chi connectivity index (χ2v) is 7.87. The van der Waals surface area contributed by atoms with Crippen molar-refractivity contribution in [2.24, 2.45) is 0 Å². The van der Waals surface area contributed by atoms with Gasteiger partial charge in [0, 0.05) is 18.0 Å². The van der Waals surface area contributed by atoms with E-state index in [1.165, 1.54) is 11.3 Å². The molecular weight excluding hydrogens is 360 g/mol. The molecule has 0 bridgehead atoms. The Hall–Kier alpha value is -2.18. The molecule has 5 nitrogen and oxygen atoms in total. The molecule has 2 heterocycles. The van der Waals surface area contributed by atoms with Crippen LogP contribution in [0.5, 0.6) is 0 Å². The van der Waals surface area contributed by atoms with E-state index in [1.54, 1.807) is 6.92 Å². The molecule has 1 aliphatic heterocycles. The number of anilines is 1. The molecule has 0 spiro atoms. The van der Waals surface area contributed by atoms with E-state index in [2.05, 4.69) is 17.1 Å². The average Bonchev–Trinajstić information content (AvgIpc) is 2.98. The number of hydrogen-bond acceptors (Lipinski definition) is 5. The fourth-order valence-electron chi connectivity index (χ4n) is 3.41. The van der Waals surface area contributed by atoms with Crippen molar-refractivity contribution in [2.75, 3.05) is 25.0 Å². The molecule has 1 aliphatic rings. The molecule has 0 unspecified atom stereocenters. The molecule has 0 aliphatic carbocycles. The van der Waals surface area contributed by atoms with Gasteiger partial charge in [-0.2, -0.15) is 0 Å². The topological polar surface area (TPSA) is 58.6 Å². The number of aryl methyl sites for hydroxylation is 1. The van der Waals surface area contributed by atoms with Crippen molar-refractivity contribution in [3.05, 3.63) is 51.4 Å². The number of nitrogens with one attached hydrogen (secondary N) is 1. The summed E-state index contributed by atoms with van der Waals surface area (Å²) in [5, 5.41) is 3.59. The molecule has 1 N–H and O–H groups in total. The third-order valence-electron chi connectivity index (χ3n) is 4.76. The van der Waals surface area contributed by atoms with Crippen LogP contribution >= 0.6 is 11.3 Å². The number of ether oxygens (including phenoxy) is 1. The van der Waals surface area contributed by atoms with Gasteiger partial charge in [-0.3, -0.25) is 9.69 Å². The molecular formula is C21H26N2O3S. The van der Waals surface area contributed by atoms with Crippen molar-refractivity contribution in [2.45, 2.75) is 40.2 Å². The van der Waals surface area contributed by atoms with Crippen LogP contribution in [0.4, 0.5) is 5.00 Å². The number of carbonyl (C=O) groups excluding carboxylic acids is 2. The third kappa shape index (κ3) is 4.57. The van der Waals surface area contributed by atoms with Crippen LogP contribution in [0, 0.1) is 6.92 Å². The second-order valence-electron chi connectivity index (χ2n) is 6.76. The Labute approximate surface area is 164 Å². The summed E-state index contributed by atoms with van der Waals surface area (Å²) in [6, 6.07) is 7.90. The number of benzene rings is 1. The first-order valence-corrected chi connectivity index (χ1v) is 10.2. The lowest BCUT2D eigenvalue weighted by molar-refractivity contribution is -0.115. The van der Waals surface area contributed by atoms with Crippen LogP contribution in [-0.2, 0) is 28.9 Å². The van der Waals surface area contributed by atoms with E-state index in [4.69, 9.17) is 4.74 Å². The predicted molar refractivity (Wildman–Crippen MR) is 108 cm³/mol. The van der Waals surface area contributed by atoms with Crippen molar-refractivity contribution in [1.29, 1.82) is 0 Å². The molecule has 27 heavy (non-hydrogen) atoms. The van der Waals surface area contributed by atoms with Crippen LogP contribution in [0.15, 0.2) is 24.3 Å². The first kappa shape index (κ1) is 19.6. The molecule has 0 radical (unpaired) electrons.